The lowest BCUT2D eigenvalue weighted by atomic mass is 10.1. The quantitative estimate of drug-likeness (QED) is 0.757. The first-order valence-electron chi connectivity index (χ1n) is 5.94. The van der Waals surface area contributed by atoms with Gasteiger partial charge in [-0.15, -0.1) is 0 Å². The van der Waals surface area contributed by atoms with Gasteiger partial charge < -0.3 is 10.4 Å². The Bertz CT molecular complexity index is 409. The zero-order chi connectivity index (χ0) is 14.3. The highest BCUT2D eigenvalue weighted by atomic mass is 32.2. The second kappa shape index (κ2) is 8.12. The first-order valence-corrected chi connectivity index (χ1v) is 7.33. The van der Waals surface area contributed by atoms with Gasteiger partial charge in [-0.05, 0) is 30.6 Å². The Kier molecular flexibility index (Phi) is 6.80. The number of rotatable bonds is 7. The first kappa shape index (κ1) is 15.9. The van der Waals surface area contributed by atoms with Crippen LogP contribution in [0, 0.1) is 11.6 Å². The standard InChI is InChI=1S/C13H17F2NO2S/c1-19-7-3-6-12(18)16-8-11(17)13-9(14)4-2-5-10(13)15/h2,4-5,11,17H,3,6-8H2,1H3,(H,16,18). The van der Waals surface area contributed by atoms with E-state index in [0.29, 0.717) is 6.42 Å². The van der Waals surface area contributed by atoms with E-state index in [2.05, 4.69) is 5.32 Å². The molecule has 1 aromatic carbocycles. The number of thioether (sulfide) groups is 1. The number of carbonyl (C=O) groups excluding carboxylic acids is 1. The van der Waals surface area contributed by atoms with E-state index in [4.69, 9.17) is 0 Å². The van der Waals surface area contributed by atoms with Crippen LogP contribution in [0.25, 0.3) is 0 Å². The molecule has 1 aromatic rings. The summed E-state index contributed by atoms with van der Waals surface area (Å²) < 4.78 is 26.7. The molecule has 1 atom stereocenters. The summed E-state index contributed by atoms with van der Waals surface area (Å²) in [5.41, 5.74) is -0.410. The van der Waals surface area contributed by atoms with Crippen LogP contribution in [0.1, 0.15) is 24.5 Å². The summed E-state index contributed by atoms with van der Waals surface area (Å²) in [6, 6.07) is 3.37. The van der Waals surface area contributed by atoms with Crippen LogP contribution in [0.3, 0.4) is 0 Å². The van der Waals surface area contributed by atoms with Crippen molar-refractivity contribution in [3.05, 3.63) is 35.4 Å². The van der Waals surface area contributed by atoms with E-state index in [1.807, 2.05) is 6.26 Å². The van der Waals surface area contributed by atoms with E-state index in [-0.39, 0.29) is 12.5 Å². The van der Waals surface area contributed by atoms with Gasteiger partial charge in [0.1, 0.15) is 17.7 Å². The van der Waals surface area contributed by atoms with Gasteiger partial charge in [0.2, 0.25) is 5.91 Å². The molecular formula is C13H17F2NO2S. The highest BCUT2D eigenvalue weighted by Crippen LogP contribution is 2.19. The smallest absolute Gasteiger partial charge is 0.220 e. The molecule has 19 heavy (non-hydrogen) atoms. The Morgan fingerprint density at radius 3 is 2.63 bits per heavy atom. The molecule has 1 unspecified atom stereocenters. The van der Waals surface area contributed by atoms with Gasteiger partial charge in [0.15, 0.2) is 0 Å². The lowest BCUT2D eigenvalue weighted by Gasteiger charge is -2.13. The SMILES string of the molecule is CSCCCC(=O)NCC(O)c1c(F)cccc1F. The van der Waals surface area contributed by atoms with Gasteiger partial charge >= 0.3 is 0 Å². The number of hydrogen-bond donors (Lipinski definition) is 2. The van der Waals surface area contributed by atoms with E-state index < -0.39 is 23.3 Å². The predicted octanol–water partition coefficient (Wildman–Crippen LogP) is 2.26. The number of nitrogens with one attached hydrogen (secondary N) is 1. The van der Waals surface area contributed by atoms with Gasteiger partial charge in [0, 0.05) is 13.0 Å². The average molecular weight is 289 g/mol. The summed E-state index contributed by atoms with van der Waals surface area (Å²) in [4.78, 5) is 11.4. The van der Waals surface area contributed by atoms with Crippen molar-refractivity contribution in [1.82, 2.24) is 5.32 Å². The van der Waals surface area contributed by atoms with Gasteiger partial charge in [-0.25, -0.2) is 8.78 Å². The molecule has 0 radical (unpaired) electrons. The van der Waals surface area contributed by atoms with Gasteiger partial charge in [0.25, 0.3) is 0 Å². The molecule has 0 spiro atoms. The summed E-state index contributed by atoms with van der Waals surface area (Å²) in [6.07, 6.45) is 1.64. The predicted molar refractivity (Wildman–Crippen MR) is 71.9 cm³/mol. The highest BCUT2D eigenvalue weighted by molar-refractivity contribution is 7.98. The lowest BCUT2D eigenvalue weighted by Crippen LogP contribution is -2.29. The maximum Gasteiger partial charge on any atom is 0.220 e. The molecular weight excluding hydrogens is 272 g/mol. The molecule has 1 amide bonds. The Balaban J connectivity index is 2.47. The van der Waals surface area contributed by atoms with Gasteiger partial charge in [0.05, 0.1) is 5.56 Å². The van der Waals surface area contributed by atoms with E-state index in [9.17, 15) is 18.7 Å². The van der Waals surface area contributed by atoms with Gasteiger partial charge in [-0.3, -0.25) is 4.79 Å². The van der Waals surface area contributed by atoms with Gasteiger partial charge in [-0.1, -0.05) is 6.07 Å². The molecule has 0 heterocycles. The zero-order valence-electron chi connectivity index (χ0n) is 10.7. The Labute approximate surface area is 115 Å². The first-order chi connectivity index (χ1) is 9.06. The van der Waals surface area contributed by atoms with Crippen LogP contribution in [0.15, 0.2) is 18.2 Å². The fourth-order valence-corrected chi connectivity index (χ4v) is 2.04. The number of benzene rings is 1. The molecule has 0 saturated carbocycles. The second-order valence-electron chi connectivity index (χ2n) is 4.05. The van der Waals surface area contributed by atoms with Crippen LogP contribution in [0.2, 0.25) is 0 Å². The molecule has 0 aliphatic rings. The Morgan fingerprint density at radius 2 is 2.05 bits per heavy atom. The summed E-state index contributed by atoms with van der Waals surface area (Å²) in [5, 5.41) is 12.2. The molecule has 106 valence electrons. The maximum atomic E-state index is 13.4. The van der Waals surface area contributed by atoms with Crippen molar-refractivity contribution in [1.29, 1.82) is 0 Å². The molecule has 0 aromatic heterocycles. The van der Waals surface area contributed by atoms with Crippen LogP contribution in [0.5, 0.6) is 0 Å². The van der Waals surface area contributed by atoms with E-state index in [1.165, 1.54) is 6.07 Å². The van der Waals surface area contributed by atoms with Crippen molar-refractivity contribution in [2.24, 2.45) is 0 Å². The maximum absolute atomic E-state index is 13.4. The van der Waals surface area contributed by atoms with Crippen LogP contribution in [-0.4, -0.2) is 29.6 Å². The van der Waals surface area contributed by atoms with Crippen molar-refractivity contribution in [3.8, 4) is 0 Å². The minimum atomic E-state index is -1.38. The fraction of sp³-hybridized carbons (Fsp3) is 0.462. The third kappa shape index (κ3) is 5.16. The summed E-state index contributed by atoms with van der Waals surface area (Å²) >= 11 is 1.64. The monoisotopic (exact) mass is 289 g/mol. The molecule has 1 rings (SSSR count). The highest BCUT2D eigenvalue weighted by Gasteiger charge is 2.18. The van der Waals surface area contributed by atoms with Crippen LogP contribution in [-0.2, 0) is 4.79 Å². The average Bonchev–Trinajstić information content (AvgIpc) is 2.36. The minimum Gasteiger partial charge on any atom is -0.386 e. The molecule has 0 aliphatic heterocycles. The topological polar surface area (TPSA) is 49.3 Å². The summed E-state index contributed by atoms with van der Waals surface area (Å²) in [6.45, 7) is -0.198. The largest absolute Gasteiger partial charge is 0.386 e. The van der Waals surface area contributed by atoms with Gasteiger partial charge in [-0.2, -0.15) is 11.8 Å². The van der Waals surface area contributed by atoms with Crippen LogP contribution in [0.4, 0.5) is 8.78 Å². The second-order valence-corrected chi connectivity index (χ2v) is 5.04. The lowest BCUT2D eigenvalue weighted by molar-refractivity contribution is -0.121. The normalized spacial score (nSPS) is 12.2. The molecule has 0 bridgehead atoms. The van der Waals surface area contributed by atoms with E-state index in [0.717, 1.165) is 24.3 Å². The van der Waals surface area contributed by atoms with Crippen molar-refractivity contribution in [3.63, 3.8) is 0 Å². The fourth-order valence-electron chi connectivity index (χ4n) is 1.61. The molecule has 6 heteroatoms. The summed E-state index contributed by atoms with van der Waals surface area (Å²) in [7, 11) is 0. The van der Waals surface area contributed by atoms with Crippen molar-refractivity contribution in [2.75, 3.05) is 18.6 Å². The number of amides is 1. The molecule has 0 aliphatic carbocycles. The van der Waals surface area contributed by atoms with Crippen LogP contribution >= 0.6 is 11.8 Å². The third-order valence-electron chi connectivity index (χ3n) is 2.58. The Morgan fingerprint density at radius 1 is 1.42 bits per heavy atom. The molecule has 3 nitrogen and oxygen atoms in total. The minimum absolute atomic E-state index is 0.198. The zero-order valence-corrected chi connectivity index (χ0v) is 11.5. The van der Waals surface area contributed by atoms with E-state index >= 15 is 0 Å². The molecule has 2 N–H and O–H groups in total. The number of aliphatic hydroxyl groups excluding tert-OH is 1. The molecule has 0 saturated heterocycles. The molecule has 0 fully saturated rings. The van der Waals surface area contributed by atoms with E-state index in [1.54, 1.807) is 11.8 Å². The van der Waals surface area contributed by atoms with Crippen molar-refractivity contribution in [2.45, 2.75) is 18.9 Å². The number of aliphatic hydroxyl groups is 1. The van der Waals surface area contributed by atoms with Crippen molar-refractivity contribution < 1.29 is 18.7 Å². The Hall–Kier alpha value is -1.14. The van der Waals surface area contributed by atoms with Crippen LogP contribution < -0.4 is 5.32 Å². The summed E-state index contributed by atoms with van der Waals surface area (Å²) in [5.74, 6) is -0.990. The third-order valence-corrected chi connectivity index (χ3v) is 3.27. The van der Waals surface area contributed by atoms with Crippen molar-refractivity contribution >= 4 is 17.7 Å². The number of carbonyl (C=O) groups is 1. The number of hydrogen-bond acceptors (Lipinski definition) is 3. The number of halogens is 2.